The molecule has 1 aliphatic rings. The Balaban J connectivity index is 1.29. The van der Waals surface area contributed by atoms with Crippen LogP contribution in [0.25, 0.3) is 16.4 Å². The van der Waals surface area contributed by atoms with E-state index in [0.29, 0.717) is 36.4 Å². The molecule has 0 spiro atoms. The van der Waals surface area contributed by atoms with Crippen molar-refractivity contribution in [2.24, 2.45) is 5.41 Å². The number of carbonyl (C=O) groups excluding carboxylic acids is 1. The fraction of sp³-hybridized carbons (Fsp3) is 0.448. The number of benzene rings is 1. The largest absolute Gasteiger partial charge is 0.446 e. The van der Waals surface area contributed by atoms with Crippen LogP contribution in [0.1, 0.15) is 63.6 Å². The number of aliphatic hydroxyl groups excluding tert-OH is 2. The number of carbonyl (C=O) groups is 1. The zero-order chi connectivity index (χ0) is 27.7. The maximum atomic E-state index is 12.3. The summed E-state index contributed by atoms with van der Waals surface area (Å²) < 4.78 is 7.13. The van der Waals surface area contributed by atoms with E-state index in [9.17, 15) is 15.0 Å². The van der Waals surface area contributed by atoms with Crippen LogP contribution in [0.15, 0.2) is 48.8 Å². The Morgan fingerprint density at radius 3 is 2.74 bits per heavy atom. The van der Waals surface area contributed by atoms with Crippen molar-refractivity contribution in [3.8, 4) is 0 Å². The second kappa shape index (κ2) is 10.8. The third-order valence-corrected chi connectivity index (χ3v) is 8.18. The number of anilines is 2. The molecule has 5 N–H and O–H groups in total. The van der Waals surface area contributed by atoms with Crippen LogP contribution >= 0.6 is 0 Å². The van der Waals surface area contributed by atoms with Gasteiger partial charge in [-0.3, -0.25) is 5.32 Å². The minimum atomic E-state index is -0.920. The summed E-state index contributed by atoms with van der Waals surface area (Å²) >= 11 is 0. The number of aliphatic hydroxyl groups is 2. The van der Waals surface area contributed by atoms with Crippen LogP contribution < -0.4 is 11.1 Å². The summed E-state index contributed by atoms with van der Waals surface area (Å²) in [6, 6.07) is 13.5. The molecule has 0 saturated heterocycles. The molecule has 3 heterocycles. The van der Waals surface area contributed by atoms with Gasteiger partial charge >= 0.3 is 6.09 Å². The monoisotopic (exact) mass is 532 g/mol. The molecular weight excluding hydrogens is 496 g/mol. The van der Waals surface area contributed by atoms with Crippen LogP contribution in [0, 0.1) is 5.41 Å². The Kier molecular flexibility index (Phi) is 7.42. The number of pyridine rings is 1. The maximum Gasteiger partial charge on any atom is 0.413 e. The first-order valence-electron chi connectivity index (χ1n) is 13.5. The molecule has 0 aliphatic heterocycles. The molecule has 5 rings (SSSR count). The van der Waals surface area contributed by atoms with Crippen LogP contribution in [0.4, 0.5) is 16.4 Å². The van der Waals surface area contributed by atoms with Gasteiger partial charge in [-0.2, -0.15) is 5.10 Å². The SMILES string of the molecule is CCC(CC)OC(=O)Nc1ccc2ccc(CC[C@@]3(C)C[C@@H](c4ccc5c(N)ncnn45)[C@H](O)[C@@H]3O)cc2n1. The summed E-state index contributed by atoms with van der Waals surface area (Å²) in [4.78, 5) is 20.9. The zero-order valence-corrected chi connectivity index (χ0v) is 22.5. The molecule has 1 amide bonds. The quantitative estimate of drug-likeness (QED) is 0.260. The second-order valence-electron chi connectivity index (χ2n) is 10.8. The van der Waals surface area contributed by atoms with Crippen molar-refractivity contribution in [1.29, 1.82) is 0 Å². The topological polar surface area (TPSA) is 148 Å². The van der Waals surface area contributed by atoms with Gasteiger partial charge in [-0.1, -0.05) is 32.9 Å². The predicted octanol–water partition coefficient (Wildman–Crippen LogP) is 4.45. The molecule has 0 radical (unpaired) electrons. The van der Waals surface area contributed by atoms with E-state index in [0.717, 1.165) is 35.0 Å². The first kappa shape index (κ1) is 26.8. The van der Waals surface area contributed by atoms with Gasteiger partial charge in [-0.25, -0.2) is 19.3 Å². The summed E-state index contributed by atoms with van der Waals surface area (Å²) in [6.07, 6.45) is 2.45. The van der Waals surface area contributed by atoms with E-state index in [1.807, 2.05) is 51.1 Å². The lowest BCUT2D eigenvalue weighted by atomic mass is 9.80. The molecule has 4 atom stereocenters. The first-order valence-corrected chi connectivity index (χ1v) is 13.5. The Morgan fingerprint density at radius 1 is 1.21 bits per heavy atom. The number of nitrogens with two attached hydrogens (primary N) is 1. The standard InChI is InChI=1S/C29H36N6O4/c1-4-19(5-2)39-28(38)34-24-11-8-18-7-6-17(14-21(18)33-24)12-13-29(3)15-20(25(36)26(29)37)22-9-10-23-27(30)31-16-32-35(22)23/h6-11,14,16,19-20,25-26,36-37H,4-5,12-13,15H2,1-3H3,(H2,30,31,32)(H,33,34,38)/t20-,25-,26-,29-/m0/s1. The smallest absolute Gasteiger partial charge is 0.413 e. The number of amides is 1. The first-order chi connectivity index (χ1) is 18.7. The minimum Gasteiger partial charge on any atom is -0.446 e. The van der Waals surface area contributed by atoms with Crippen molar-refractivity contribution in [2.45, 2.75) is 77.1 Å². The number of aryl methyl sites for hydroxylation is 1. The lowest BCUT2D eigenvalue weighted by Crippen LogP contribution is -2.34. The van der Waals surface area contributed by atoms with Crippen molar-refractivity contribution in [2.75, 3.05) is 11.1 Å². The van der Waals surface area contributed by atoms with Crippen molar-refractivity contribution < 1.29 is 19.7 Å². The minimum absolute atomic E-state index is 0.120. The number of ether oxygens (including phenoxy) is 1. The fourth-order valence-corrected chi connectivity index (χ4v) is 5.72. The Bertz CT molecular complexity index is 1490. The molecule has 1 fully saturated rings. The summed E-state index contributed by atoms with van der Waals surface area (Å²) in [6.45, 7) is 5.99. The molecule has 0 unspecified atom stereocenters. The van der Waals surface area contributed by atoms with Crippen LogP contribution in [-0.2, 0) is 11.2 Å². The average molecular weight is 533 g/mol. The lowest BCUT2D eigenvalue weighted by molar-refractivity contribution is -0.0204. The highest BCUT2D eigenvalue weighted by Gasteiger charge is 2.50. The van der Waals surface area contributed by atoms with Gasteiger partial charge in [-0.05, 0) is 73.4 Å². The molecule has 10 nitrogen and oxygen atoms in total. The summed E-state index contributed by atoms with van der Waals surface area (Å²) in [5.74, 6) is 0.524. The van der Waals surface area contributed by atoms with E-state index in [2.05, 4.69) is 26.4 Å². The van der Waals surface area contributed by atoms with E-state index < -0.39 is 23.7 Å². The van der Waals surface area contributed by atoms with Gasteiger partial charge in [-0.15, -0.1) is 0 Å². The number of nitrogens with one attached hydrogen (secondary N) is 1. The number of aromatic nitrogens is 4. The average Bonchev–Trinajstić information content (AvgIpc) is 3.46. The second-order valence-corrected chi connectivity index (χ2v) is 10.8. The lowest BCUT2D eigenvalue weighted by Gasteiger charge is -2.28. The van der Waals surface area contributed by atoms with Gasteiger partial charge in [0.15, 0.2) is 5.82 Å². The highest BCUT2D eigenvalue weighted by Crippen LogP contribution is 2.49. The Labute approximate surface area is 227 Å². The summed E-state index contributed by atoms with van der Waals surface area (Å²) in [7, 11) is 0. The fourth-order valence-electron chi connectivity index (χ4n) is 5.72. The van der Waals surface area contributed by atoms with E-state index in [1.165, 1.54) is 6.33 Å². The number of rotatable bonds is 8. The van der Waals surface area contributed by atoms with Crippen molar-refractivity contribution in [1.82, 2.24) is 19.6 Å². The predicted molar refractivity (Wildman–Crippen MR) is 149 cm³/mol. The number of fused-ring (bicyclic) bond motifs is 2. The van der Waals surface area contributed by atoms with Gasteiger partial charge in [0.1, 0.15) is 23.8 Å². The summed E-state index contributed by atoms with van der Waals surface area (Å²) in [5, 5.41) is 30.1. The number of nitrogen functional groups attached to an aromatic ring is 1. The molecule has 1 aromatic carbocycles. The van der Waals surface area contributed by atoms with Crippen molar-refractivity contribution >= 4 is 34.1 Å². The Morgan fingerprint density at radius 2 is 1.97 bits per heavy atom. The molecule has 10 heteroatoms. The third-order valence-electron chi connectivity index (χ3n) is 8.18. The summed E-state index contributed by atoms with van der Waals surface area (Å²) in [5.41, 5.74) is 8.80. The van der Waals surface area contributed by atoms with Gasteiger partial charge < -0.3 is 20.7 Å². The van der Waals surface area contributed by atoms with Crippen LogP contribution in [0.3, 0.4) is 0 Å². The van der Waals surface area contributed by atoms with Crippen molar-refractivity contribution in [3.05, 3.63) is 60.0 Å². The normalized spacial score (nSPS) is 23.1. The highest BCUT2D eigenvalue weighted by atomic mass is 16.6. The number of hydrogen-bond acceptors (Lipinski definition) is 8. The van der Waals surface area contributed by atoms with Gasteiger partial charge in [0, 0.05) is 17.0 Å². The van der Waals surface area contributed by atoms with Crippen LogP contribution in [0.2, 0.25) is 0 Å². The molecule has 0 bridgehead atoms. The maximum absolute atomic E-state index is 12.3. The van der Waals surface area contributed by atoms with Gasteiger partial charge in [0.05, 0.1) is 17.7 Å². The molecule has 4 aromatic rings. The molecule has 3 aromatic heterocycles. The van der Waals surface area contributed by atoms with Crippen LogP contribution in [0.5, 0.6) is 0 Å². The van der Waals surface area contributed by atoms with E-state index in [1.54, 1.807) is 10.6 Å². The van der Waals surface area contributed by atoms with Gasteiger partial charge in [0.2, 0.25) is 0 Å². The number of nitrogens with zero attached hydrogens (tertiary/aromatic N) is 4. The van der Waals surface area contributed by atoms with Crippen molar-refractivity contribution in [3.63, 3.8) is 0 Å². The van der Waals surface area contributed by atoms with Gasteiger partial charge in [0.25, 0.3) is 0 Å². The third kappa shape index (κ3) is 5.26. The molecule has 1 saturated carbocycles. The molecule has 39 heavy (non-hydrogen) atoms. The zero-order valence-electron chi connectivity index (χ0n) is 22.5. The van der Waals surface area contributed by atoms with Crippen LogP contribution in [-0.4, -0.2) is 54.2 Å². The highest BCUT2D eigenvalue weighted by molar-refractivity contribution is 5.87. The van der Waals surface area contributed by atoms with E-state index in [4.69, 9.17) is 10.5 Å². The Hall–Kier alpha value is -3.76. The van der Waals surface area contributed by atoms with E-state index >= 15 is 0 Å². The van der Waals surface area contributed by atoms with E-state index in [-0.39, 0.29) is 12.0 Å². The molecule has 1 aliphatic carbocycles. The molecular formula is C29H36N6O4. The number of hydrogen-bond donors (Lipinski definition) is 4. The molecule has 206 valence electrons.